The monoisotopic (exact) mass is 243 g/mol. The van der Waals surface area contributed by atoms with Gasteiger partial charge in [-0.25, -0.2) is 4.98 Å². The quantitative estimate of drug-likeness (QED) is 0.793. The van der Waals surface area contributed by atoms with E-state index in [1.165, 1.54) is 11.4 Å². The Morgan fingerprint density at radius 3 is 3.00 bits per heavy atom. The first-order valence-corrected chi connectivity index (χ1v) is 5.45. The second kappa shape index (κ2) is 3.42. The summed E-state index contributed by atoms with van der Waals surface area (Å²) in [4.78, 5) is 7.70. The van der Waals surface area contributed by atoms with Gasteiger partial charge in [-0.2, -0.15) is 0 Å². The molecule has 3 nitrogen and oxygen atoms in total. The molecular weight excluding hydrogens is 230 g/mol. The van der Waals surface area contributed by atoms with Crippen LogP contribution < -0.4 is 5.32 Å². The Labute approximate surface area is 86.5 Å². The molecule has 0 fully saturated rings. The maximum Gasteiger partial charge on any atom is 0.174 e. The first-order valence-electron chi connectivity index (χ1n) is 4.66. The Bertz CT molecular complexity index is 306. The SMILES string of the molecule is CC(C)C1NCCc2[nH]c(Br)nc21. The summed E-state index contributed by atoms with van der Waals surface area (Å²) in [5, 5.41) is 3.48. The minimum atomic E-state index is 0.409. The van der Waals surface area contributed by atoms with Crippen molar-refractivity contribution in [2.45, 2.75) is 26.3 Å². The van der Waals surface area contributed by atoms with Crippen LogP contribution in [0.15, 0.2) is 4.73 Å². The van der Waals surface area contributed by atoms with E-state index in [1.807, 2.05) is 0 Å². The average molecular weight is 244 g/mol. The van der Waals surface area contributed by atoms with Crippen LogP contribution in [0.3, 0.4) is 0 Å². The Morgan fingerprint density at radius 2 is 2.31 bits per heavy atom. The number of fused-ring (bicyclic) bond motifs is 1. The molecule has 0 radical (unpaired) electrons. The van der Waals surface area contributed by atoms with Crippen LogP contribution in [0.4, 0.5) is 0 Å². The third-order valence-corrected chi connectivity index (χ3v) is 2.86. The molecule has 2 rings (SSSR count). The van der Waals surface area contributed by atoms with Crippen molar-refractivity contribution in [3.05, 3.63) is 16.1 Å². The van der Waals surface area contributed by atoms with E-state index in [-0.39, 0.29) is 0 Å². The van der Waals surface area contributed by atoms with Gasteiger partial charge >= 0.3 is 0 Å². The maximum atomic E-state index is 4.45. The molecule has 1 aliphatic heterocycles. The molecule has 0 saturated heterocycles. The largest absolute Gasteiger partial charge is 0.336 e. The van der Waals surface area contributed by atoms with Gasteiger partial charge in [0.15, 0.2) is 4.73 Å². The molecule has 2 N–H and O–H groups in total. The van der Waals surface area contributed by atoms with Gasteiger partial charge in [-0.15, -0.1) is 0 Å². The van der Waals surface area contributed by atoms with Crippen molar-refractivity contribution in [1.29, 1.82) is 0 Å². The third kappa shape index (κ3) is 1.65. The second-order valence-electron chi connectivity index (χ2n) is 3.82. The molecule has 0 aromatic carbocycles. The molecule has 0 amide bonds. The summed E-state index contributed by atoms with van der Waals surface area (Å²) >= 11 is 3.37. The number of nitrogens with one attached hydrogen (secondary N) is 2. The van der Waals surface area contributed by atoms with Gasteiger partial charge in [0.1, 0.15) is 0 Å². The van der Waals surface area contributed by atoms with Crippen molar-refractivity contribution in [2.24, 2.45) is 5.92 Å². The van der Waals surface area contributed by atoms with Gasteiger partial charge in [0.05, 0.1) is 11.7 Å². The summed E-state index contributed by atoms with van der Waals surface area (Å²) < 4.78 is 0.854. The molecule has 1 aliphatic rings. The Morgan fingerprint density at radius 1 is 1.54 bits per heavy atom. The van der Waals surface area contributed by atoms with E-state index in [1.54, 1.807) is 0 Å². The standard InChI is InChI=1S/C9H14BrN3/c1-5(2)7-8-6(3-4-11-7)12-9(10)13-8/h5,7,11H,3-4H2,1-2H3,(H,12,13). The Kier molecular flexibility index (Phi) is 2.43. The van der Waals surface area contributed by atoms with Gasteiger partial charge in [0.25, 0.3) is 0 Å². The minimum absolute atomic E-state index is 0.409. The average Bonchev–Trinajstić information content (AvgIpc) is 2.43. The first kappa shape index (κ1) is 9.21. The van der Waals surface area contributed by atoms with Crippen molar-refractivity contribution >= 4 is 15.9 Å². The van der Waals surface area contributed by atoms with E-state index >= 15 is 0 Å². The van der Waals surface area contributed by atoms with Crippen LogP contribution in [0.25, 0.3) is 0 Å². The molecule has 72 valence electrons. The number of aromatic amines is 1. The van der Waals surface area contributed by atoms with Gasteiger partial charge in [0, 0.05) is 18.7 Å². The van der Waals surface area contributed by atoms with Gasteiger partial charge in [-0.05, 0) is 21.8 Å². The topological polar surface area (TPSA) is 40.7 Å². The zero-order valence-electron chi connectivity index (χ0n) is 7.89. The van der Waals surface area contributed by atoms with Gasteiger partial charge in [-0.3, -0.25) is 0 Å². The third-order valence-electron chi connectivity index (χ3n) is 2.48. The highest BCUT2D eigenvalue weighted by Crippen LogP contribution is 2.27. The van der Waals surface area contributed by atoms with Crippen molar-refractivity contribution in [3.63, 3.8) is 0 Å². The molecule has 1 atom stereocenters. The number of hydrogen-bond donors (Lipinski definition) is 2. The summed E-state index contributed by atoms with van der Waals surface area (Å²) in [7, 11) is 0. The van der Waals surface area contributed by atoms with Gasteiger partial charge in [0.2, 0.25) is 0 Å². The maximum absolute atomic E-state index is 4.45. The first-order chi connectivity index (χ1) is 6.18. The fourth-order valence-electron chi connectivity index (χ4n) is 1.84. The number of aromatic nitrogens is 2. The summed E-state index contributed by atoms with van der Waals surface area (Å²) in [5.74, 6) is 0.592. The van der Waals surface area contributed by atoms with Crippen LogP contribution in [-0.4, -0.2) is 16.5 Å². The zero-order chi connectivity index (χ0) is 9.42. The molecule has 4 heteroatoms. The van der Waals surface area contributed by atoms with Crippen LogP contribution in [0.2, 0.25) is 0 Å². The molecule has 0 bridgehead atoms. The molecule has 1 unspecified atom stereocenters. The molecular formula is C9H14BrN3. The molecule has 0 spiro atoms. The summed E-state index contributed by atoms with van der Waals surface area (Å²) in [5.41, 5.74) is 2.47. The predicted molar refractivity (Wildman–Crippen MR) is 55.6 cm³/mol. The van der Waals surface area contributed by atoms with Crippen molar-refractivity contribution in [1.82, 2.24) is 15.3 Å². The number of hydrogen-bond acceptors (Lipinski definition) is 2. The van der Waals surface area contributed by atoms with E-state index in [9.17, 15) is 0 Å². The lowest BCUT2D eigenvalue weighted by Crippen LogP contribution is -2.33. The highest BCUT2D eigenvalue weighted by Gasteiger charge is 2.25. The smallest absolute Gasteiger partial charge is 0.174 e. The highest BCUT2D eigenvalue weighted by molar-refractivity contribution is 9.10. The minimum Gasteiger partial charge on any atom is -0.336 e. The van der Waals surface area contributed by atoms with Gasteiger partial charge in [-0.1, -0.05) is 13.8 Å². The molecule has 1 aromatic rings. The molecule has 2 heterocycles. The fourth-order valence-corrected chi connectivity index (χ4v) is 2.27. The van der Waals surface area contributed by atoms with Crippen molar-refractivity contribution in [2.75, 3.05) is 6.54 Å². The lowest BCUT2D eigenvalue weighted by Gasteiger charge is -2.25. The Hall–Kier alpha value is -0.350. The zero-order valence-corrected chi connectivity index (χ0v) is 9.48. The number of nitrogens with zero attached hydrogens (tertiary/aromatic N) is 1. The van der Waals surface area contributed by atoms with Crippen LogP contribution in [0.5, 0.6) is 0 Å². The molecule has 13 heavy (non-hydrogen) atoms. The van der Waals surface area contributed by atoms with E-state index in [0.29, 0.717) is 12.0 Å². The number of rotatable bonds is 1. The van der Waals surface area contributed by atoms with E-state index in [0.717, 1.165) is 17.7 Å². The fraction of sp³-hybridized carbons (Fsp3) is 0.667. The summed E-state index contributed by atoms with van der Waals surface area (Å²) in [6.45, 7) is 5.48. The van der Waals surface area contributed by atoms with E-state index < -0.39 is 0 Å². The molecule has 1 aromatic heterocycles. The number of imidazole rings is 1. The second-order valence-corrected chi connectivity index (χ2v) is 4.57. The number of halogens is 1. The summed E-state index contributed by atoms with van der Waals surface area (Å²) in [6.07, 6.45) is 1.05. The van der Waals surface area contributed by atoms with Crippen LogP contribution in [0.1, 0.15) is 31.3 Å². The molecule has 0 aliphatic carbocycles. The Balaban J connectivity index is 2.36. The normalized spacial score (nSPS) is 22.0. The van der Waals surface area contributed by atoms with Crippen LogP contribution >= 0.6 is 15.9 Å². The lowest BCUT2D eigenvalue weighted by atomic mass is 9.96. The molecule has 0 saturated carbocycles. The van der Waals surface area contributed by atoms with E-state index in [2.05, 4.69) is 45.1 Å². The van der Waals surface area contributed by atoms with E-state index in [4.69, 9.17) is 0 Å². The lowest BCUT2D eigenvalue weighted by molar-refractivity contribution is 0.386. The highest BCUT2D eigenvalue weighted by atomic mass is 79.9. The van der Waals surface area contributed by atoms with Crippen LogP contribution in [-0.2, 0) is 6.42 Å². The van der Waals surface area contributed by atoms with Crippen molar-refractivity contribution in [3.8, 4) is 0 Å². The predicted octanol–water partition coefficient (Wildman–Crippen LogP) is 2.02. The van der Waals surface area contributed by atoms with Gasteiger partial charge < -0.3 is 10.3 Å². The summed E-state index contributed by atoms with van der Waals surface area (Å²) in [6, 6.07) is 0.409. The van der Waals surface area contributed by atoms with Crippen LogP contribution in [0, 0.1) is 5.92 Å². The number of H-pyrrole nitrogens is 1. The van der Waals surface area contributed by atoms with Crippen molar-refractivity contribution < 1.29 is 0 Å².